The monoisotopic (exact) mass is 370 g/mol. The molecule has 0 fully saturated rings. The van der Waals surface area contributed by atoms with Gasteiger partial charge in [-0.2, -0.15) is 0 Å². The SMILES string of the molecule is Cc1ccc(C#Cc2cc(F)c(C#Cc3cc(C)c(C)cc3C)c(F)c2)cc1. The van der Waals surface area contributed by atoms with Gasteiger partial charge in [0.15, 0.2) is 0 Å². The molecule has 3 aromatic rings. The summed E-state index contributed by atoms with van der Waals surface area (Å²) in [6.07, 6.45) is 0. The molecule has 28 heavy (non-hydrogen) atoms. The van der Waals surface area contributed by atoms with Crippen molar-refractivity contribution in [1.82, 2.24) is 0 Å². The fourth-order valence-electron chi connectivity index (χ4n) is 2.77. The number of benzene rings is 3. The van der Waals surface area contributed by atoms with E-state index in [1.54, 1.807) is 0 Å². The molecule has 0 amide bonds. The molecular formula is C26H20F2. The summed E-state index contributed by atoms with van der Waals surface area (Å²) in [5, 5.41) is 0. The molecule has 0 spiro atoms. The topological polar surface area (TPSA) is 0 Å². The summed E-state index contributed by atoms with van der Waals surface area (Å²) in [5.41, 5.74) is 5.98. The van der Waals surface area contributed by atoms with Crippen LogP contribution in [-0.4, -0.2) is 0 Å². The van der Waals surface area contributed by atoms with Gasteiger partial charge in [-0.05, 0) is 74.7 Å². The van der Waals surface area contributed by atoms with Crippen molar-refractivity contribution in [2.75, 3.05) is 0 Å². The minimum atomic E-state index is -0.706. The Balaban J connectivity index is 1.92. The average Bonchev–Trinajstić information content (AvgIpc) is 2.64. The van der Waals surface area contributed by atoms with Crippen molar-refractivity contribution in [3.05, 3.63) is 105 Å². The van der Waals surface area contributed by atoms with Crippen LogP contribution in [0.2, 0.25) is 0 Å². The number of hydrogen-bond donors (Lipinski definition) is 0. The van der Waals surface area contributed by atoms with E-state index in [0.29, 0.717) is 0 Å². The minimum absolute atomic E-state index is 0.237. The van der Waals surface area contributed by atoms with Gasteiger partial charge in [0.2, 0.25) is 0 Å². The van der Waals surface area contributed by atoms with Crippen LogP contribution in [0.1, 0.15) is 44.5 Å². The van der Waals surface area contributed by atoms with E-state index in [1.165, 1.54) is 12.1 Å². The fourth-order valence-corrected chi connectivity index (χ4v) is 2.77. The van der Waals surface area contributed by atoms with E-state index in [4.69, 9.17) is 0 Å². The van der Waals surface area contributed by atoms with E-state index in [9.17, 15) is 8.78 Å². The zero-order chi connectivity index (χ0) is 20.3. The summed E-state index contributed by atoms with van der Waals surface area (Å²) in [4.78, 5) is 0. The van der Waals surface area contributed by atoms with E-state index in [1.807, 2.05) is 64.1 Å². The largest absolute Gasteiger partial charge is 0.205 e. The molecule has 0 atom stereocenters. The van der Waals surface area contributed by atoms with Crippen LogP contribution < -0.4 is 0 Å². The molecule has 2 heteroatoms. The lowest BCUT2D eigenvalue weighted by Crippen LogP contribution is -1.93. The maximum absolute atomic E-state index is 14.4. The fraction of sp³-hybridized carbons (Fsp3) is 0.154. The molecule has 0 nitrogen and oxygen atoms in total. The summed E-state index contributed by atoms with van der Waals surface area (Å²) in [5.74, 6) is 9.85. The summed E-state index contributed by atoms with van der Waals surface area (Å²) >= 11 is 0. The van der Waals surface area contributed by atoms with Gasteiger partial charge >= 0.3 is 0 Å². The highest BCUT2D eigenvalue weighted by Crippen LogP contribution is 2.17. The molecule has 0 heterocycles. The summed E-state index contributed by atoms with van der Waals surface area (Å²) in [6.45, 7) is 7.94. The van der Waals surface area contributed by atoms with Gasteiger partial charge in [-0.15, -0.1) is 0 Å². The molecule has 138 valence electrons. The van der Waals surface area contributed by atoms with Crippen molar-refractivity contribution in [3.8, 4) is 23.7 Å². The van der Waals surface area contributed by atoms with Crippen molar-refractivity contribution < 1.29 is 8.78 Å². The standard InChI is InChI=1S/C26H20F2/c1-17-5-7-21(8-6-17)9-10-22-15-25(27)24(26(28)16-22)12-11-23-14-19(3)18(2)13-20(23)4/h5-8,13-16H,1-4H3. The molecule has 0 saturated carbocycles. The Labute approximate surface area is 165 Å². The van der Waals surface area contributed by atoms with Gasteiger partial charge in [-0.1, -0.05) is 47.4 Å². The third-order valence-corrected chi connectivity index (χ3v) is 4.61. The lowest BCUT2D eigenvalue weighted by Gasteiger charge is -2.04. The summed E-state index contributed by atoms with van der Waals surface area (Å²) < 4.78 is 28.9. The summed E-state index contributed by atoms with van der Waals surface area (Å²) in [7, 11) is 0. The molecule has 0 aromatic heterocycles. The van der Waals surface area contributed by atoms with E-state index < -0.39 is 11.6 Å². The maximum Gasteiger partial charge on any atom is 0.143 e. The van der Waals surface area contributed by atoms with Crippen LogP contribution in [0.15, 0.2) is 48.5 Å². The molecule has 0 unspecified atom stereocenters. The number of rotatable bonds is 0. The molecule has 0 aliphatic carbocycles. The number of hydrogen-bond acceptors (Lipinski definition) is 0. The van der Waals surface area contributed by atoms with Crippen LogP contribution in [0.3, 0.4) is 0 Å². The van der Waals surface area contributed by atoms with Crippen LogP contribution in [-0.2, 0) is 0 Å². The second-order valence-electron chi connectivity index (χ2n) is 6.93. The highest BCUT2D eigenvalue weighted by Gasteiger charge is 2.09. The predicted molar refractivity (Wildman–Crippen MR) is 110 cm³/mol. The second-order valence-corrected chi connectivity index (χ2v) is 6.93. The molecular weight excluding hydrogens is 350 g/mol. The zero-order valence-electron chi connectivity index (χ0n) is 16.4. The number of aryl methyl sites for hydroxylation is 4. The van der Waals surface area contributed by atoms with Crippen LogP contribution in [0.5, 0.6) is 0 Å². The number of halogens is 2. The van der Waals surface area contributed by atoms with E-state index in [-0.39, 0.29) is 11.1 Å². The minimum Gasteiger partial charge on any atom is -0.205 e. The molecule has 3 rings (SSSR count). The maximum atomic E-state index is 14.4. The van der Waals surface area contributed by atoms with Gasteiger partial charge in [-0.25, -0.2) is 8.78 Å². The normalized spacial score (nSPS) is 9.93. The van der Waals surface area contributed by atoms with Gasteiger partial charge < -0.3 is 0 Å². The zero-order valence-corrected chi connectivity index (χ0v) is 16.4. The van der Waals surface area contributed by atoms with Crippen molar-refractivity contribution in [1.29, 1.82) is 0 Å². The molecule has 0 aliphatic rings. The second kappa shape index (κ2) is 8.12. The van der Waals surface area contributed by atoms with Gasteiger partial charge in [0.05, 0.1) is 5.56 Å². The van der Waals surface area contributed by atoms with Gasteiger partial charge in [0.1, 0.15) is 11.6 Å². The highest BCUT2D eigenvalue weighted by atomic mass is 19.1. The van der Waals surface area contributed by atoms with Crippen LogP contribution in [0, 0.1) is 63.0 Å². The first-order valence-electron chi connectivity index (χ1n) is 9.01. The van der Waals surface area contributed by atoms with Crippen LogP contribution >= 0.6 is 0 Å². The molecule has 3 aromatic carbocycles. The van der Waals surface area contributed by atoms with Crippen molar-refractivity contribution in [3.63, 3.8) is 0 Å². The Morgan fingerprint density at radius 3 is 1.79 bits per heavy atom. The highest BCUT2D eigenvalue weighted by molar-refractivity contribution is 5.52. The molecule has 0 aliphatic heterocycles. The predicted octanol–water partition coefficient (Wildman–Crippen LogP) is 6.00. The molecule has 0 saturated heterocycles. The lowest BCUT2D eigenvalue weighted by atomic mass is 10.0. The first kappa shape index (κ1) is 19.4. The Bertz CT molecular complexity index is 1140. The Morgan fingerprint density at radius 1 is 0.571 bits per heavy atom. The van der Waals surface area contributed by atoms with Crippen LogP contribution in [0.4, 0.5) is 8.78 Å². The van der Waals surface area contributed by atoms with Gasteiger partial charge in [0, 0.05) is 16.7 Å². The smallest absolute Gasteiger partial charge is 0.143 e. The lowest BCUT2D eigenvalue weighted by molar-refractivity contribution is 0.577. The third kappa shape index (κ3) is 4.48. The Hall–Kier alpha value is -3.36. The summed E-state index contributed by atoms with van der Waals surface area (Å²) in [6, 6.07) is 14.0. The van der Waals surface area contributed by atoms with Crippen molar-refractivity contribution >= 4 is 0 Å². The van der Waals surface area contributed by atoms with E-state index >= 15 is 0 Å². The third-order valence-electron chi connectivity index (χ3n) is 4.61. The quantitative estimate of drug-likeness (QED) is 0.426. The first-order chi connectivity index (χ1) is 13.3. The molecule has 0 N–H and O–H groups in total. The first-order valence-corrected chi connectivity index (χ1v) is 9.01. The van der Waals surface area contributed by atoms with Crippen molar-refractivity contribution in [2.24, 2.45) is 0 Å². The van der Waals surface area contributed by atoms with Gasteiger partial charge in [0.25, 0.3) is 0 Å². The Morgan fingerprint density at radius 2 is 1.14 bits per heavy atom. The van der Waals surface area contributed by atoms with Gasteiger partial charge in [-0.3, -0.25) is 0 Å². The van der Waals surface area contributed by atoms with E-state index in [0.717, 1.165) is 33.4 Å². The molecule has 0 radical (unpaired) electrons. The van der Waals surface area contributed by atoms with Crippen molar-refractivity contribution in [2.45, 2.75) is 27.7 Å². The van der Waals surface area contributed by atoms with Crippen LogP contribution in [0.25, 0.3) is 0 Å². The Kier molecular flexibility index (Phi) is 5.62. The molecule has 0 bridgehead atoms. The average molecular weight is 370 g/mol. The van der Waals surface area contributed by atoms with E-state index in [2.05, 4.69) is 23.7 Å².